The van der Waals surface area contributed by atoms with Gasteiger partial charge in [-0.05, 0) is 13.0 Å². The molecule has 0 aliphatic carbocycles. The Hall–Kier alpha value is -2.02. The number of pyridine rings is 1. The second-order valence-electron chi connectivity index (χ2n) is 3.37. The fraction of sp³-hybridized carbons (Fsp3) is 0.222. The minimum atomic E-state index is -1.81. The van der Waals surface area contributed by atoms with Crippen LogP contribution < -0.4 is 5.73 Å². The Labute approximate surface area is 89.5 Å². The fourth-order valence-corrected chi connectivity index (χ4v) is 1.00. The predicted octanol–water partition coefficient (Wildman–Crippen LogP) is 0.177. The van der Waals surface area contributed by atoms with Crippen LogP contribution in [0.15, 0.2) is 12.3 Å². The van der Waals surface area contributed by atoms with Crippen molar-refractivity contribution in [3.05, 3.63) is 29.3 Å². The Morgan fingerprint density at radius 3 is 2.44 bits per heavy atom. The zero-order valence-electron chi connectivity index (χ0n) is 8.27. The molecule has 1 atom stereocenters. The van der Waals surface area contributed by atoms with Crippen LogP contribution in [-0.4, -0.2) is 27.1 Å². The first-order valence-corrected chi connectivity index (χ1v) is 4.18. The molecule has 0 fully saturated rings. The number of aromatic nitrogens is 1. The number of carboxylic acid groups (broad SMARTS) is 2. The van der Waals surface area contributed by atoms with E-state index in [9.17, 15) is 14.0 Å². The summed E-state index contributed by atoms with van der Waals surface area (Å²) in [7, 11) is 0. The number of hydrogen-bond acceptors (Lipinski definition) is 4. The van der Waals surface area contributed by atoms with Crippen LogP contribution in [0.5, 0.6) is 0 Å². The van der Waals surface area contributed by atoms with E-state index in [1.165, 1.54) is 0 Å². The Bertz CT molecular complexity index is 459. The van der Waals surface area contributed by atoms with E-state index in [-0.39, 0.29) is 5.56 Å². The van der Waals surface area contributed by atoms with Gasteiger partial charge in [-0.15, -0.1) is 0 Å². The van der Waals surface area contributed by atoms with Crippen molar-refractivity contribution in [2.24, 2.45) is 5.73 Å². The Balaban J connectivity index is 3.26. The first-order chi connectivity index (χ1) is 7.26. The van der Waals surface area contributed by atoms with Crippen LogP contribution in [-0.2, 0) is 10.3 Å². The maximum Gasteiger partial charge on any atom is 0.357 e. The van der Waals surface area contributed by atoms with Crippen molar-refractivity contribution in [2.75, 3.05) is 0 Å². The fourth-order valence-electron chi connectivity index (χ4n) is 1.00. The zero-order chi connectivity index (χ0) is 12.5. The Morgan fingerprint density at radius 2 is 2.06 bits per heavy atom. The lowest BCUT2D eigenvalue weighted by Gasteiger charge is -2.19. The van der Waals surface area contributed by atoms with E-state index in [2.05, 4.69) is 4.98 Å². The standard InChI is InChI=1S/C9H9FN2O4/c1-9(11,8(15)16)4-2-5(10)6(7(13)14)12-3-4/h2-3H,11H2,1H3,(H,13,14)(H,15,16)/t9-/m1/s1. The van der Waals surface area contributed by atoms with E-state index in [0.29, 0.717) is 0 Å². The van der Waals surface area contributed by atoms with Crippen molar-refractivity contribution in [3.63, 3.8) is 0 Å². The van der Waals surface area contributed by atoms with E-state index in [1.54, 1.807) is 0 Å². The summed E-state index contributed by atoms with van der Waals surface area (Å²) in [6, 6.07) is 0.755. The maximum absolute atomic E-state index is 13.2. The third kappa shape index (κ3) is 1.98. The normalized spacial score (nSPS) is 14.2. The summed E-state index contributed by atoms with van der Waals surface area (Å²) < 4.78 is 13.2. The summed E-state index contributed by atoms with van der Waals surface area (Å²) in [6.45, 7) is 1.16. The molecule has 0 unspecified atom stereocenters. The first-order valence-electron chi connectivity index (χ1n) is 4.18. The summed E-state index contributed by atoms with van der Waals surface area (Å²) >= 11 is 0. The summed E-state index contributed by atoms with van der Waals surface area (Å²) in [5, 5.41) is 17.3. The monoisotopic (exact) mass is 228 g/mol. The molecule has 0 amide bonds. The van der Waals surface area contributed by atoms with Crippen molar-refractivity contribution < 1.29 is 24.2 Å². The van der Waals surface area contributed by atoms with Crippen molar-refractivity contribution in [3.8, 4) is 0 Å². The second kappa shape index (κ2) is 3.86. The lowest BCUT2D eigenvalue weighted by atomic mass is 9.95. The molecule has 0 radical (unpaired) electrons. The van der Waals surface area contributed by atoms with Crippen LogP contribution in [0.2, 0.25) is 0 Å². The molecule has 1 heterocycles. The molecule has 0 spiro atoms. The molecule has 1 rings (SSSR count). The van der Waals surface area contributed by atoms with Crippen LogP contribution in [0.4, 0.5) is 4.39 Å². The van der Waals surface area contributed by atoms with Gasteiger partial charge in [-0.25, -0.2) is 19.0 Å². The Morgan fingerprint density at radius 1 is 1.50 bits per heavy atom. The molecule has 86 valence electrons. The number of aromatic carboxylic acids is 1. The topological polar surface area (TPSA) is 114 Å². The SMILES string of the molecule is C[C@](N)(C(=O)O)c1cnc(C(=O)O)c(F)c1. The molecule has 1 aromatic rings. The molecular formula is C9H9FN2O4. The van der Waals surface area contributed by atoms with Crippen LogP contribution in [0.1, 0.15) is 23.0 Å². The van der Waals surface area contributed by atoms with Gasteiger partial charge in [0.2, 0.25) is 0 Å². The van der Waals surface area contributed by atoms with Crippen LogP contribution in [0.3, 0.4) is 0 Å². The highest BCUT2D eigenvalue weighted by atomic mass is 19.1. The van der Waals surface area contributed by atoms with Crippen molar-refractivity contribution in [1.82, 2.24) is 4.98 Å². The summed E-state index contributed by atoms with van der Waals surface area (Å²) in [5.74, 6) is -4.02. The van der Waals surface area contributed by atoms with Crippen LogP contribution >= 0.6 is 0 Å². The smallest absolute Gasteiger partial charge is 0.357 e. The minimum Gasteiger partial charge on any atom is -0.480 e. The molecule has 0 aliphatic rings. The van der Waals surface area contributed by atoms with E-state index in [0.717, 1.165) is 19.2 Å². The van der Waals surface area contributed by atoms with Crippen molar-refractivity contribution in [2.45, 2.75) is 12.5 Å². The number of halogens is 1. The van der Waals surface area contributed by atoms with Crippen LogP contribution in [0, 0.1) is 5.82 Å². The third-order valence-electron chi connectivity index (χ3n) is 2.09. The number of hydrogen-bond donors (Lipinski definition) is 3. The molecule has 0 bridgehead atoms. The maximum atomic E-state index is 13.2. The largest absolute Gasteiger partial charge is 0.480 e. The van der Waals surface area contributed by atoms with Gasteiger partial charge in [0.05, 0.1) is 0 Å². The van der Waals surface area contributed by atoms with Crippen LogP contribution in [0.25, 0.3) is 0 Å². The molecule has 6 nitrogen and oxygen atoms in total. The average Bonchev–Trinajstić information content (AvgIpc) is 2.16. The van der Waals surface area contributed by atoms with Crippen molar-refractivity contribution >= 4 is 11.9 Å². The number of rotatable bonds is 3. The summed E-state index contributed by atoms with van der Waals surface area (Å²) in [4.78, 5) is 24.5. The first kappa shape index (κ1) is 12.1. The van der Waals surface area contributed by atoms with Gasteiger partial charge < -0.3 is 15.9 Å². The van der Waals surface area contributed by atoms with Gasteiger partial charge in [0, 0.05) is 11.8 Å². The van der Waals surface area contributed by atoms with Gasteiger partial charge in [-0.3, -0.25) is 0 Å². The summed E-state index contributed by atoms with van der Waals surface area (Å²) in [5.41, 5.74) is 2.73. The molecule has 0 aromatic carbocycles. The van der Waals surface area contributed by atoms with E-state index < -0.39 is 29.0 Å². The number of nitrogens with two attached hydrogens (primary N) is 1. The van der Waals surface area contributed by atoms with Gasteiger partial charge in [-0.1, -0.05) is 0 Å². The molecular weight excluding hydrogens is 219 g/mol. The molecule has 7 heteroatoms. The number of aliphatic carboxylic acids is 1. The van der Waals surface area contributed by atoms with E-state index in [4.69, 9.17) is 15.9 Å². The molecule has 0 saturated heterocycles. The molecule has 4 N–H and O–H groups in total. The lowest BCUT2D eigenvalue weighted by molar-refractivity contribution is -0.143. The summed E-state index contributed by atoms with van der Waals surface area (Å²) in [6.07, 6.45) is 0.931. The number of carboxylic acids is 2. The Kier molecular flexibility index (Phi) is 2.90. The predicted molar refractivity (Wildman–Crippen MR) is 50.3 cm³/mol. The van der Waals surface area contributed by atoms with Gasteiger partial charge in [0.15, 0.2) is 11.5 Å². The minimum absolute atomic E-state index is 0.109. The molecule has 16 heavy (non-hydrogen) atoms. The molecule has 0 aliphatic heterocycles. The molecule has 1 aromatic heterocycles. The molecule has 0 saturated carbocycles. The second-order valence-corrected chi connectivity index (χ2v) is 3.37. The average molecular weight is 228 g/mol. The van der Waals surface area contributed by atoms with Crippen molar-refractivity contribution in [1.29, 1.82) is 0 Å². The third-order valence-corrected chi connectivity index (χ3v) is 2.09. The number of carbonyl (C=O) groups is 2. The van der Waals surface area contributed by atoms with Gasteiger partial charge in [0.25, 0.3) is 0 Å². The van der Waals surface area contributed by atoms with E-state index >= 15 is 0 Å². The highest BCUT2D eigenvalue weighted by Gasteiger charge is 2.31. The van der Waals surface area contributed by atoms with Gasteiger partial charge >= 0.3 is 11.9 Å². The van der Waals surface area contributed by atoms with Gasteiger partial charge in [-0.2, -0.15) is 0 Å². The van der Waals surface area contributed by atoms with Gasteiger partial charge in [0.1, 0.15) is 5.54 Å². The highest BCUT2D eigenvalue weighted by Crippen LogP contribution is 2.19. The lowest BCUT2D eigenvalue weighted by Crippen LogP contribution is -2.42. The van der Waals surface area contributed by atoms with E-state index in [1.807, 2.05) is 0 Å². The quantitative estimate of drug-likeness (QED) is 0.679. The highest BCUT2D eigenvalue weighted by molar-refractivity contribution is 5.86. The zero-order valence-corrected chi connectivity index (χ0v) is 8.27. The number of nitrogens with zero attached hydrogens (tertiary/aromatic N) is 1.